The van der Waals surface area contributed by atoms with Gasteiger partial charge in [-0.1, -0.05) is 72.3 Å². The second kappa shape index (κ2) is 14.7. The summed E-state index contributed by atoms with van der Waals surface area (Å²) in [5, 5.41) is 2.88. The number of ether oxygens (including phenoxy) is 1. The molecule has 44 heavy (non-hydrogen) atoms. The van der Waals surface area contributed by atoms with E-state index in [0.717, 1.165) is 26.6 Å². The van der Waals surface area contributed by atoms with Crippen LogP contribution in [0.4, 0.5) is 5.69 Å². The Labute approximate surface area is 260 Å². The van der Waals surface area contributed by atoms with Crippen molar-refractivity contribution in [3.8, 4) is 5.75 Å². The highest BCUT2D eigenvalue weighted by molar-refractivity contribution is 7.92. The van der Waals surface area contributed by atoms with Crippen molar-refractivity contribution in [3.05, 3.63) is 125 Å². The van der Waals surface area contributed by atoms with Crippen molar-refractivity contribution in [2.75, 3.05) is 24.5 Å². The molecule has 0 saturated heterocycles. The molecule has 9 heteroatoms. The van der Waals surface area contributed by atoms with Crippen LogP contribution in [0.3, 0.4) is 0 Å². The van der Waals surface area contributed by atoms with Gasteiger partial charge in [-0.25, -0.2) is 8.42 Å². The fourth-order valence-corrected chi connectivity index (χ4v) is 6.35. The minimum absolute atomic E-state index is 0.0572. The molecular formula is C35H39N3O5S. The molecule has 0 heterocycles. The number of benzene rings is 4. The van der Waals surface area contributed by atoms with Gasteiger partial charge in [0.05, 0.1) is 17.7 Å². The number of nitrogens with one attached hydrogen (secondary N) is 1. The first kappa shape index (κ1) is 32.3. The Morgan fingerprint density at radius 2 is 1.48 bits per heavy atom. The molecule has 0 spiro atoms. The van der Waals surface area contributed by atoms with Crippen LogP contribution < -0.4 is 14.4 Å². The number of methoxy groups -OCH3 is 1. The molecule has 0 saturated carbocycles. The van der Waals surface area contributed by atoms with Gasteiger partial charge in [-0.2, -0.15) is 0 Å². The molecule has 0 aliphatic heterocycles. The van der Waals surface area contributed by atoms with Gasteiger partial charge in [0, 0.05) is 19.5 Å². The SMILES string of the molecule is CCNC(=O)[C@@H](Cc1ccccc1)N(Cc1ccccc1C)C(=O)CN(c1ccc(OC)cc1)S(=O)(=O)c1ccc(C)cc1. The largest absolute Gasteiger partial charge is 0.497 e. The Bertz CT molecular complexity index is 1660. The van der Waals surface area contributed by atoms with E-state index in [1.165, 1.54) is 24.1 Å². The molecule has 0 aliphatic carbocycles. The van der Waals surface area contributed by atoms with E-state index in [4.69, 9.17) is 4.74 Å². The molecule has 4 aromatic rings. The summed E-state index contributed by atoms with van der Waals surface area (Å²) in [6.45, 7) is 5.64. The fraction of sp³-hybridized carbons (Fsp3) is 0.257. The zero-order chi connectivity index (χ0) is 31.7. The maximum absolute atomic E-state index is 14.5. The van der Waals surface area contributed by atoms with E-state index >= 15 is 0 Å². The number of hydrogen-bond donors (Lipinski definition) is 1. The molecule has 2 amide bonds. The maximum Gasteiger partial charge on any atom is 0.264 e. The number of sulfonamides is 1. The third-order valence-electron chi connectivity index (χ3n) is 7.47. The van der Waals surface area contributed by atoms with Crippen molar-refractivity contribution < 1.29 is 22.7 Å². The zero-order valence-electron chi connectivity index (χ0n) is 25.6. The molecular weight excluding hydrogens is 574 g/mol. The van der Waals surface area contributed by atoms with Gasteiger partial charge < -0.3 is 15.0 Å². The molecule has 0 unspecified atom stereocenters. The molecule has 0 bridgehead atoms. The van der Waals surface area contributed by atoms with Crippen LogP contribution in [0.15, 0.2) is 108 Å². The van der Waals surface area contributed by atoms with Crippen LogP contribution in [-0.4, -0.2) is 51.4 Å². The Hall–Kier alpha value is -4.63. The standard InChI is InChI=1S/C35H39N3O5S/c1-5-36-35(40)33(23-28-12-7-6-8-13-28)37(24-29-14-10-9-11-27(29)3)34(39)25-38(30-17-19-31(43-4)20-18-30)44(41,42)32-21-15-26(2)16-22-32/h6-22,33H,5,23-25H2,1-4H3,(H,36,40)/t33-/m1/s1. The third-order valence-corrected chi connectivity index (χ3v) is 9.26. The van der Waals surface area contributed by atoms with Gasteiger partial charge in [0.15, 0.2) is 0 Å². The Morgan fingerprint density at radius 1 is 0.841 bits per heavy atom. The first-order chi connectivity index (χ1) is 21.1. The number of likely N-dealkylation sites (N-methyl/N-ethyl adjacent to an activating group) is 1. The molecule has 1 atom stereocenters. The van der Waals surface area contributed by atoms with Gasteiger partial charge in [-0.05, 0) is 73.9 Å². The van der Waals surface area contributed by atoms with Crippen molar-refractivity contribution in [3.63, 3.8) is 0 Å². The lowest BCUT2D eigenvalue weighted by Gasteiger charge is -2.34. The summed E-state index contributed by atoms with van der Waals surface area (Å²) in [6.07, 6.45) is 0.261. The molecule has 4 rings (SSSR count). The number of hydrogen-bond acceptors (Lipinski definition) is 5. The van der Waals surface area contributed by atoms with Crippen molar-refractivity contribution >= 4 is 27.5 Å². The van der Waals surface area contributed by atoms with Crippen LogP contribution in [0.5, 0.6) is 5.75 Å². The highest BCUT2D eigenvalue weighted by Gasteiger charge is 2.34. The number of aryl methyl sites for hydroxylation is 2. The van der Waals surface area contributed by atoms with Crippen molar-refractivity contribution in [2.24, 2.45) is 0 Å². The summed E-state index contributed by atoms with van der Waals surface area (Å²) in [7, 11) is -2.65. The Kier molecular flexibility index (Phi) is 10.8. The first-order valence-corrected chi connectivity index (χ1v) is 16.0. The van der Waals surface area contributed by atoms with Gasteiger partial charge in [0.1, 0.15) is 18.3 Å². The summed E-state index contributed by atoms with van der Waals surface area (Å²) in [5.41, 5.74) is 3.91. The van der Waals surface area contributed by atoms with Crippen LogP contribution in [0.1, 0.15) is 29.2 Å². The van der Waals surface area contributed by atoms with E-state index in [9.17, 15) is 18.0 Å². The molecule has 4 aromatic carbocycles. The Morgan fingerprint density at radius 3 is 2.09 bits per heavy atom. The van der Waals surface area contributed by atoms with Crippen molar-refractivity contribution in [2.45, 2.75) is 44.7 Å². The van der Waals surface area contributed by atoms with Gasteiger partial charge in [0.25, 0.3) is 10.0 Å². The summed E-state index contributed by atoms with van der Waals surface area (Å²) in [5.74, 6) is -0.268. The van der Waals surface area contributed by atoms with E-state index in [-0.39, 0.29) is 23.8 Å². The fourth-order valence-electron chi connectivity index (χ4n) is 4.93. The van der Waals surface area contributed by atoms with E-state index in [2.05, 4.69) is 5.32 Å². The predicted molar refractivity (Wildman–Crippen MR) is 173 cm³/mol. The number of anilines is 1. The minimum Gasteiger partial charge on any atom is -0.497 e. The van der Waals surface area contributed by atoms with E-state index in [1.807, 2.05) is 75.4 Å². The molecule has 0 aliphatic rings. The number of rotatable bonds is 13. The number of nitrogens with zero attached hydrogens (tertiary/aromatic N) is 2. The zero-order valence-corrected chi connectivity index (χ0v) is 26.4. The maximum atomic E-state index is 14.5. The molecule has 230 valence electrons. The summed E-state index contributed by atoms with van der Waals surface area (Å²) in [4.78, 5) is 29.6. The highest BCUT2D eigenvalue weighted by Crippen LogP contribution is 2.27. The topological polar surface area (TPSA) is 96.0 Å². The molecule has 1 N–H and O–H groups in total. The van der Waals surface area contributed by atoms with Crippen molar-refractivity contribution in [1.29, 1.82) is 0 Å². The van der Waals surface area contributed by atoms with Gasteiger partial charge >= 0.3 is 0 Å². The van der Waals surface area contributed by atoms with Crippen molar-refractivity contribution in [1.82, 2.24) is 10.2 Å². The molecule has 8 nitrogen and oxygen atoms in total. The second-order valence-corrected chi connectivity index (χ2v) is 12.4. The van der Waals surface area contributed by atoms with Crippen LogP contribution in [0, 0.1) is 13.8 Å². The quantitative estimate of drug-likeness (QED) is 0.221. The van der Waals surface area contributed by atoms with Crippen LogP contribution >= 0.6 is 0 Å². The lowest BCUT2D eigenvalue weighted by Crippen LogP contribution is -2.53. The van der Waals surface area contributed by atoms with Gasteiger partial charge in [-0.15, -0.1) is 0 Å². The molecule has 0 radical (unpaired) electrons. The molecule has 0 fully saturated rings. The monoisotopic (exact) mass is 613 g/mol. The highest BCUT2D eigenvalue weighted by atomic mass is 32.2. The smallest absolute Gasteiger partial charge is 0.264 e. The summed E-state index contributed by atoms with van der Waals surface area (Å²) in [6, 6.07) is 29.3. The average molecular weight is 614 g/mol. The number of amides is 2. The lowest BCUT2D eigenvalue weighted by atomic mass is 10.0. The van der Waals surface area contributed by atoms with E-state index < -0.39 is 28.5 Å². The second-order valence-electron chi connectivity index (χ2n) is 10.6. The van der Waals surface area contributed by atoms with Crippen LogP contribution in [0.25, 0.3) is 0 Å². The number of carbonyl (C=O) groups is 2. The summed E-state index contributed by atoms with van der Waals surface area (Å²) < 4.78 is 34.6. The molecule has 0 aromatic heterocycles. The normalized spacial score (nSPS) is 11.8. The lowest BCUT2D eigenvalue weighted by molar-refractivity contribution is -0.140. The Balaban J connectivity index is 1.80. The summed E-state index contributed by atoms with van der Waals surface area (Å²) >= 11 is 0. The first-order valence-electron chi connectivity index (χ1n) is 14.5. The van der Waals surface area contributed by atoms with Gasteiger partial charge in [-0.3, -0.25) is 13.9 Å². The van der Waals surface area contributed by atoms with Crippen LogP contribution in [0.2, 0.25) is 0 Å². The van der Waals surface area contributed by atoms with Crippen LogP contribution in [-0.2, 0) is 32.6 Å². The third kappa shape index (κ3) is 7.85. The van der Waals surface area contributed by atoms with Gasteiger partial charge in [0.2, 0.25) is 11.8 Å². The number of carbonyl (C=O) groups excluding carboxylic acids is 2. The predicted octanol–water partition coefficient (Wildman–Crippen LogP) is 5.28. The average Bonchev–Trinajstić information content (AvgIpc) is 3.03. The van der Waals surface area contributed by atoms with E-state index in [1.54, 1.807) is 36.4 Å². The van der Waals surface area contributed by atoms with E-state index in [0.29, 0.717) is 18.0 Å². The minimum atomic E-state index is -4.17.